The van der Waals surface area contributed by atoms with Crippen LogP contribution in [0.15, 0.2) is 0 Å². The van der Waals surface area contributed by atoms with Crippen molar-refractivity contribution in [2.24, 2.45) is 0 Å². The fraction of sp³-hybridized carbons (Fsp3) is 1.00. The highest BCUT2D eigenvalue weighted by Gasteiger charge is 2.19. The molecule has 0 saturated heterocycles. The Labute approximate surface area is 57.9 Å². The molecule has 0 aromatic heterocycles. The molecule has 10 heavy (non-hydrogen) atoms. The molecule has 3 nitrogen and oxygen atoms in total. The predicted octanol–water partition coefficient (Wildman–Crippen LogP) is 0.721. The van der Waals surface area contributed by atoms with E-state index in [1.54, 1.807) is 0 Å². The minimum absolute atomic E-state index is 0.0239. The summed E-state index contributed by atoms with van der Waals surface area (Å²) >= 11 is 0. The first kappa shape index (κ1) is 9.74. The first-order valence-corrected chi connectivity index (χ1v) is 2.91. The van der Waals surface area contributed by atoms with Gasteiger partial charge in [0.15, 0.2) is 0 Å². The van der Waals surface area contributed by atoms with Gasteiger partial charge in [-0.2, -0.15) is 0 Å². The highest BCUT2D eigenvalue weighted by Crippen LogP contribution is 2.08. The number of alkyl halides is 2. The summed E-state index contributed by atoms with van der Waals surface area (Å²) in [6.45, 7) is 0.673. The van der Waals surface area contributed by atoms with Crippen molar-refractivity contribution in [2.45, 2.75) is 12.8 Å². The summed E-state index contributed by atoms with van der Waals surface area (Å²) in [5.41, 5.74) is 0. The van der Waals surface area contributed by atoms with Crippen molar-refractivity contribution in [1.29, 1.82) is 0 Å². The van der Waals surface area contributed by atoms with Gasteiger partial charge in [-0.05, 0) is 0 Å². The molecule has 0 bridgehead atoms. The van der Waals surface area contributed by atoms with Gasteiger partial charge in [-0.1, -0.05) is 0 Å². The van der Waals surface area contributed by atoms with Crippen molar-refractivity contribution in [3.05, 3.63) is 0 Å². The molecule has 0 saturated carbocycles. The zero-order valence-electron chi connectivity index (χ0n) is 5.73. The van der Waals surface area contributed by atoms with Crippen LogP contribution in [0.4, 0.5) is 8.78 Å². The molecule has 0 aliphatic carbocycles. The largest absolute Gasteiger partial charge is 0.309 e. The van der Waals surface area contributed by atoms with Crippen molar-refractivity contribution in [3.63, 3.8) is 0 Å². The maximum atomic E-state index is 12.0. The Morgan fingerprint density at radius 3 is 2.60 bits per heavy atom. The normalized spacial score (nSPS) is 12.0. The zero-order valence-corrected chi connectivity index (χ0v) is 5.73. The fourth-order valence-corrected chi connectivity index (χ4v) is 0.426. The Hall–Kier alpha value is -0.260. The van der Waals surface area contributed by atoms with Crippen LogP contribution >= 0.6 is 0 Å². The maximum absolute atomic E-state index is 12.0. The van der Waals surface area contributed by atoms with Gasteiger partial charge in [0.2, 0.25) is 0 Å². The van der Waals surface area contributed by atoms with Gasteiger partial charge in [-0.25, -0.2) is 13.7 Å². The van der Waals surface area contributed by atoms with E-state index < -0.39 is 12.5 Å². The highest BCUT2D eigenvalue weighted by atomic mass is 19.3. The minimum Gasteiger partial charge on any atom is -0.309 e. The molecule has 0 rings (SSSR count). The number of hydrogen-bond donors (Lipinski definition) is 2. The Morgan fingerprint density at radius 1 is 1.60 bits per heavy atom. The molecule has 0 atom stereocenters. The van der Waals surface area contributed by atoms with Crippen molar-refractivity contribution < 1.29 is 18.9 Å². The standard InChI is InChI=1S/C5H11F2NO2/c1-5(6,7)4-8-2-3-10-9/h8-9H,2-4H2,1H3. The van der Waals surface area contributed by atoms with Gasteiger partial charge in [0.05, 0.1) is 13.2 Å². The molecule has 62 valence electrons. The lowest BCUT2D eigenvalue weighted by molar-refractivity contribution is -0.240. The van der Waals surface area contributed by atoms with Crippen molar-refractivity contribution in [3.8, 4) is 0 Å². The van der Waals surface area contributed by atoms with E-state index in [1.165, 1.54) is 0 Å². The van der Waals surface area contributed by atoms with Gasteiger partial charge >= 0.3 is 0 Å². The van der Waals surface area contributed by atoms with Crippen LogP contribution in [0.1, 0.15) is 6.92 Å². The summed E-state index contributed by atoms with van der Waals surface area (Å²) in [7, 11) is 0. The number of nitrogens with one attached hydrogen (secondary N) is 1. The molecule has 0 aromatic rings. The third-order valence-electron chi connectivity index (χ3n) is 0.806. The summed E-state index contributed by atoms with van der Waals surface area (Å²) in [5.74, 6) is -2.70. The third-order valence-corrected chi connectivity index (χ3v) is 0.806. The summed E-state index contributed by atoms with van der Waals surface area (Å²) in [4.78, 5) is 3.65. The van der Waals surface area contributed by atoms with E-state index in [0.29, 0.717) is 0 Å². The van der Waals surface area contributed by atoms with Crippen LogP contribution in [0.2, 0.25) is 0 Å². The van der Waals surface area contributed by atoms with E-state index in [0.717, 1.165) is 6.92 Å². The van der Waals surface area contributed by atoms with Crippen molar-refractivity contribution in [1.82, 2.24) is 5.32 Å². The average molecular weight is 155 g/mol. The second-order valence-corrected chi connectivity index (χ2v) is 2.08. The van der Waals surface area contributed by atoms with E-state index in [4.69, 9.17) is 5.26 Å². The highest BCUT2D eigenvalue weighted by molar-refractivity contribution is 4.60. The van der Waals surface area contributed by atoms with Crippen LogP contribution in [0, 0.1) is 0 Å². The fourth-order valence-electron chi connectivity index (χ4n) is 0.426. The summed E-state index contributed by atoms with van der Waals surface area (Å²) in [5, 5.41) is 10.2. The molecule has 0 spiro atoms. The van der Waals surface area contributed by atoms with Crippen LogP contribution in [-0.2, 0) is 4.89 Å². The molecule has 0 aromatic carbocycles. The Morgan fingerprint density at radius 2 is 2.20 bits per heavy atom. The molecule has 0 aliphatic heterocycles. The minimum atomic E-state index is -2.70. The van der Waals surface area contributed by atoms with E-state index in [2.05, 4.69) is 10.2 Å². The first-order chi connectivity index (χ1) is 4.56. The lowest BCUT2D eigenvalue weighted by Gasteiger charge is -2.09. The number of rotatable bonds is 5. The van der Waals surface area contributed by atoms with E-state index in [-0.39, 0.29) is 13.2 Å². The molecule has 0 amide bonds. The SMILES string of the molecule is CC(F)(F)CNCCOO. The third kappa shape index (κ3) is 7.74. The van der Waals surface area contributed by atoms with E-state index >= 15 is 0 Å². The van der Waals surface area contributed by atoms with Crippen LogP contribution in [0.3, 0.4) is 0 Å². The number of halogens is 2. The maximum Gasteiger partial charge on any atom is 0.257 e. The van der Waals surface area contributed by atoms with E-state index in [9.17, 15) is 8.78 Å². The van der Waals surface area contributed by atoms with Gasteiger partial charge in [-0.3, -0.25) is 5.26 Å². The lowest BCUT2D eigenvalue weighted by atomic mass is 10.4. The van der Waals surface area contributed by atoms with Crippen LogP contribution in [-0.4, -0.2) is 30.9 Å². The van der Waals surface area contributed by atoms with Gasteiger partial charge in [0.25, 0.3) is 5.92 Å². The molecule has 0 aliphatic rings. The van der Waals surface area contributed by atoms with Gasteiger partial charge in [-0.15, -0.1) is 0 Å². The molecule has 2 N–H and O–H groups in total. The molecule has 0 unspecified atom stereocenters. The Balaban J connectivity index is 3.04. The van der Waals surface area contributed by atoms with Crippen LogP contribution < -0.4 is 5.32 Å². The smallest absolute Gasteiger partial charge is 0.257 e. The average Bonchev–Trinajstić information content (AvgIpc) is 1.78. The molecule has 5 heteroatoms. The summed E-state index contributed by atoms with van der Waals surface area (Å²) < 4.78 is 24.0. The topological polar surface area (TPSA) is 41.5 Å². The van der Waals surface area contributed by atoms with Crippen molar-refractivity contribution >= 4 is 0 Å². The quantitative estimate of drug-likeness (QED) is 0.349. The second kappa shape index (κ2) is 4.54. The summed E-state index contributed by atoms with van der Waals surface area (Å²) in [6, 6.07) is 0. The van der Waals surface area contributed by atoms with Gasteiger partial charge in [0, 0.05) is 13.5 Å². The molecular formula is C5H11F2NO2. The van der Waals surface area contributed by atoms with Gasteiger partial charge in [0.1, 0.15) is 0 Å². The second-order valence-electron chi connectivity index (χ2n) is 2.08. The molecule has 0 fully saturated rings. The molecule has 0 radical (unpaired) electrons. The molecule has 0 heterocycles. The Kier molecular flexibility index (Phi) is 4.42. The van der Waals surface area contributed by atoms with Crippen molar-refractivity contribution in [2.75, 3.05) is 19.7 Å². The van der Waals surface area contributed by atoms with Crippen LogP contribution in [0.25, 0.3) is 0 Å². The van der Waals surface area contributed by atoms with E-state index in [1.807, 2.05) is 0 Å². The summed E-state index contributed by atoms with van der Waals surface area (Å²) in [6.07, 6.45) is 0. The zero-order chi connectivity index (χ0) is 8.04. The first-order valence-electron chi connectivity index (χ1n) is 2.91. The predicted molar refractivity (Wildman–Crippen MR) is 32.1 cm³/mol. The van der Waals surface area contributed by atoms with Gasteiger partial charge < -0.3 is 5.32 Å². The lowest BCUT2D eigenvalue weighted by Crippen LogP contribution is -2.31. The number of hydrogen-bond acceptors (Lipinski definition) is 3. The Bertz CT molecular complexity index is 84.2. The monoisotopic (exact) mass is 155 g/mol. The van der Waals surface area contributed by atoms with Crippen LogP contribution in [0.5, 0.6) is 0 Å². The molecular weight excluding hydrogens is 144 g/mol.